The average Bonchev–Trinajstić information content (AvgIpc) is 2.68. The van der Waals surface area contributed by atoms with Crippen molar-refractivity contribution in [3.8, 4) is 0 Å². The molecule has 26 heavy (non-hydrogen) atoms. The van der Waals surface area contributed by atoms with Gasteiger partial charge in [-0.25, -0.2) is 4.98 Å². The number of piperidine rings is 1. The molecule has 1 aliphatic heterocycles. The Balaban J connectivity index is 1.70. The molecule has 1 aliphatic rings. The molecule has 2 heterocycles. The molecule has 136 valence electrons. The predicted molar refractivity (Wildman–Crippen MR) is 101 cm³/mol. The zero-order valence-electron chi connectivity index (χ0n) is 15.4. The Labute approximate surface area is 154 Å². The van der Waals surface area contributed by atoms with Gasteiger partial charge >= 0.3 is 0 Å². The second-order valence-corrected chi connectivity index (χ2v) is 7.03. The lowest BCUT2D eigenvalue weighted by molar-refractivity contribution is 0.0690. The Kier molecular flexibility index (Phi) is 5.66. The van der Waals surface area contributed by atoms with Gasteiger partial charge in [0, 0.05) is 26.7 Å². The van der Waals surface area contributed by atoms with Gasteiger partial charge in [0.1, 0.15) is 11.4 Å². The van der Waals surface area contributed by atoms with E-state index in [1.54, 1.807) is 30.1 Å². The van der Waals surface area contributed by atoms with E-state index in [1.165, 1.54) is 0 Å². The van der Waals surface area contributed by atoms with E-state index < -0.39 is 0 Å². The second kappa shape index (κ2) is 8.13. The molecule has 0 saturated carbocycles. The van der Waals surface area contributed by atoms with Gasteiger partial charge in [0.15, 0.2) is 0 Å². The first-order valence-corrected chi connectivity index (χ1v) is 9.10. The maximum absolute atomic E-state index is 12.7. The number of aromatic nitrogens is 1. The van der Waals surface area contributed by atoms with E-state index >= 15 is 0 Å². The molecule has 1 saturated heterocycles. The summed E-state index contributed by atoms with van der Waals surface area (Å²) in [6, 6.07) is 14.9. The highest BCUT2D eigenvalue weighted by atomic mass is 16.2. The van der Waals surface area contributed by atoms with Crippen molar-refractivity contribution in [2.75, 3.05) is 20.1 Å². The molecule has 5 heteroatoms. The van der Waals surface area contributed by atoms with Crippen LogP contribution in [0.15, 0.2) is 48.5 Å². The van der Waals surface area contributed by atoms with Crippen molar-refractivity contribution in [2.45, 2.75) is 26.3 Å². The Morgan fingerprint density at radius 1 is 1.04 bits per heavy atom. The van der Waals surface area contributed by atoms with Crippen LogP contribution in [-0.4, -0.2) is 46.7 Å². The minimum absolute atomic E-state index is 0.0859. The molecule has 1 aromatic heterocycles. The van der Waals surface area contributed by atoms with Crippen LogP contribution in [0.1, 0.15) is 46.3 Å². The number of amides is 2. The Morgan fingerprint density at radius 2 is 1.69 bits per heavy atom. The lowest BCUT2D eigenvalue weighted by Crippen LogP contribution is -2.38. The molecule has 0 radical (unpaired) electrons. The van der Waals surface area contributed by atoms with Crippen molar-refractivity contribution in [3.63, 3.8) is 0 Å². The Bertz CT molecular complexity index is 768. The second-order valence-electron chi connectivity index (χ2n) is 7.03. The molecule has 0 N–H and O–H groups in total. The number of pyridine rings is 1. The highest BCUT2D eigenvalue weighted by molar-refractivity contribution is 5.96. The van der Waals surface area contributed by atoms with Crippen LogP contribution in [0.2, 0.25) is 0 Å². The van der Waals surface area contributed by atoms with E-state index in [0.717, 1.165) is 31.5 Å². The first-order valence-electron chi connectivity index (χ1n) is 9.10. The van der Waals surface area contributed by atoms with Gasteiger partial charge in [0.05, 0.1) is 0 Å². The van der Waals surface area contributed by atoms with Gasteiger partial charge in [-0.3, -0.25) is 9.59 Å². The van der Waals surface area contributed by atoms with Crippen LogP contribution in [0.4, 0.5) is 0 Å². The molecule has 0 atom stereocenters. The number of carbonyl (C=O) groups is 2. The normalized spacial score (nSPS) is 14.9. The summed E-state index contributed by atoms with van der Waals surface area (Å²) in [6.07, 6.45) is 2.04. The van der Waals surface area contributed by atoms with Gasteiger partial charge < -0.3 is 9.80 Å². The lowest BCUT2D eigenvalue weighted by atomic mass is 9.99. The molecule has 1 fully saturated rings. The molecule has 0 unspecified atom stereocenters. The molecule has 2 aromatic rings. The summed E-state index contributed by atoms with van der Waals surface area (Å²) in [5.74, 6) is 0.389. The molecule has 1 aromatic carbocycles. The third-order valence-electron chi connectivity index (χ3n) is 4.87. The number of likely N-dealkylation sites (tertiary alicyclic amines) is 1. The van der Waals surface area contributed by atoms with Crippen LogP contribution in [-0.2, 0) is 6.54 Å². The highest BCUT2D eigenvalue weighted by Crippen LogP contribution is 2.18. The monoisotopic (exact) mass is 351 g/mol. The number of hydrogen-bond acceptors (Lipinski definition) is 3. The van der Waals surface area contributed by atoms with Crippen LogP contribution in [0, 0.1) is 5.92 Å². The number of nitrogens with zero attached hydrogens (tertiary/aromatic N) is 3. The summed E-state index contributed by atoms with van der Waals surface area (Å²) in [5.41, 5.74) is 1.70. The third kappa shape index (κ3) is 4.28. The van der Waals surface area contributed by atoms with Crippen molar-refractivity contribution in [1.82, 2.24) is 14.8 Å². The predicted octanol–water partition coefficient (Wildman–Crippen LogP) is 3.23. The van der Waals surface area contributed by atoms with E-state index in [9.17, 15) is 9.59 Å². The summed E-state index contributed by atoms with van der Waals surface area (Å²) in [4.78, 5) is 33.2. The number of benzene rings is 1. The van der Waals surface area contributed by atoms with E-state index in [4.69, 9.17) is 0 Å². The zero-order valence-corrected chi connectivity index (χ0v) is 15.4. The largest absolute Gasteiger partial charge is 0.337 e. The summed E-state index contributed by atoms with van der Waals surface area (Å²) < 4.78 is 0. The van der Waals surface area contributed by atoms with E-state index in [2.05, 4.69) is 11.9 Å². The van der Waals surface area contributed by atoms with Gasteiger partial charge in [-0.1, -0.05) is 43.3 Å². The summed E-state index contributed by atoms with van der Waals surface area (Å²) in [5, 5.41) is 0. The van der Waals surface area contributed by atoms with Crippen molar-refractivity contribution >= 4 is 11.8 Å². The van der Waals surface area contributed by atoms with Crippen LogP contribution >= 0.6 is 0 Å². The number of rotatable bonds is 4. The van der Waals surface area contributed by atoms with Gasteiger partial charge in [0.2, 0.25) is 0 Å². The smallest absolute Gasteiger partial charge is 0.272 e. The molecule has 0 aliphatic carbocycles. The average molecular weight is 351 g/mol. The van der Waals surface area contributed by atoms with Crippen LogP contribution in [0.5, 0.6) is 0 Å². The fourth-order valence-corrected chi connectivity index (χ4v) is 3.17. The van der Waals surface area contributed by atoms with Crippen molar-refractivity contribution < 1.29 is 9.59 Å². The van der Waals surface area contributed by atoms with Crippen LogP contribution < -0.4 is 0 Å². The molecule has 3 rings (SSSR count). The maximum atomic E-state index is 12.7. The van der Waals surface area contributed by atoms with Gasteiger partial charge in [-0.05, 0) is 36.5 Å². The minimum Gasteiger partial charge on any atom is -0.337 e. The fourth-order valence-electron chi connectivity index (χ4n) is 3.17. The zero-order chi connectivity index (χ0) is 18.5. The van der Waals surface area contributed by atoms with Crippen molar-refractivity contribution in [3.05, 3.63) is 65.5 Å². The summed E-state index contributed by atoms with van der Waals surface area (Å²) in [6.45, 7) is 4.23. The lowest BCUT2D eigenvalue weighted by Gasteiger charge is -2.30. The molecule has 5 nitrogen and oxygen atoms in total. The molecule has 2 amide bonds. The highest BCUT2D eigenvalue weighted by Gasteiger charge is 2.23. The number of carbonyl (C=O) groups excluding carboxylic acids is 2. The minimum atomic E-state index is -0.184. The van der Waals surface area contributed by atoms with Crippen molar-refractivity contribution in [2.24, 2.45) is 5.92 Å². The first kappa shape index (κ1) is 18.1. The van der Waals surface area contributed by atoms with Gasteiger partial charge in [-0.15, -0.1) is 0 Å². The van der Waals surface area contributed by atoms with Crippen molar-refractivity contribution in [1.29, 1.82) is 0 Å². The van der Waals surface area contributed by atoms with Gasteiger partial charge in [0.25, 0.3) is 11.8 Å². The third-order valence-corrected chi connectivity index (χ3v) is 4.87. The molecule has 0 spiro atoms. The summed E-state index contributed by atoms with van der Waals surface area (Å²) >= 11 is 0. The molecular weight excluding hydrogens is 326 g/mol. The van der Waals surface area contributed by atoms with Gasteiger partial charge in [-0.2, -0.15) is 0 Å². The SMILES string of the molecule is CC1CCN(C(=O)c2cccc(C(=O)N(C)Cc3ccccc3)n2)CC1. The van der Waals surface area contributed by atoms with Crippen LogP contribution in [0.25, 0.3) is 0 Å². The molecule has 0 bridgehead atoms. The number of hydrogen-bond donors (Lipinski definition) is 0. The van der Waals surface area contributed by atoms with E-state index in [-0.39, 0.29) is 11.8 Å². The topological polar surface area (TPSA) is 53.5 Å². The van der Waals surface area contributed by atoms with Crippen LogP contribution in [0.3, 0.4) is 0 Å². The maximum Gasteiger partial charge on any atom is 0.272 e. The first-order chi connectivity index (χ1) is 12.5. The Morgan fingerprint density at radius 3 is 2.38 bits per heavy atom. The Hall–Kier alpha value is -2.69. The van der Waals surface area contributed by atoms with E-state index in [1.807, 2.05) is 35.2 Å². The van der Waals surface area contributed by atoms with E-state index in [0.29, 0.717) is 23.9 Å². The fraction of sp³-hybridized carbons (Fsp3) is 0.381. The standard InChI is InChI=1S/C21H25N3O2/c1-16-11-13-24(14-12-16)21(26)19-10-6-9-18(22-19)20(25)23(2)15-17-7-4-3-5-8-17/h3-10,16H,11-15H2,1-2H3. The molecular formula is C21H25N3O2. The quantitative estimate of drug-likeness (QED) is 0.850. The summed E-state index contributed by atoms with van der Waals surface area (Å²) in [7, 11) is 1.75.